The van der Waals surface area contributed by atoms with Crippen LogP contribution in [0.25, 0.3) is 0 Å². The van der Waals surface area contributed by atoms with Crippen molar-refractivity contribution in [1.82, 2.24) is 0 Å². The largest absolute Gasteiger partial charge is 0.491 e. The van der Waals surface area contributed by atoms with Gasteiger partial charge < -0.3 is 10.5 Å². The number of rotatable bonds is 5. The van der Waals surface area contributed by atoms with E-state index in [4.69, 9.17) is 22.1 Å². The highest BCUT2D eigenvalue weighted by Gasteiger charge is 2.20. The van der Waals surface area contributed by atoms with Crippen molar-refractivity contribution in [3.05, 3.63) is 28.3 Å². The maximum atomic E-state index is 6.31. The van der Waals surface area contributed by atoms with Crippen LogP contribution in [-0.2, 0) is 0 Å². The lowest BCUT2D eigenvalue weighted by atomic mass is 9.86. The molecule has 0 radical (unpaired) electrons. The summed E-state index contributed by atoms with van der Waals surface area (Å²) >= 11 is 6.31. The molecule has 3 heteroatoms. The van der Waals surface area contributed by atoms with Crippen molar-refractivity contribution in [3.8, 4) is 5.75 Å². The second-order valence-corrected chi connectivity index (χ2v) is 5.82. The van der Waals surface area contributed by atoms with Gasteiger partial charge in [0.15, 0.2) is 0 Å². The van der Waals surface area contributed by atoms with Gasteiger partial charge in [-0.05, 0) is 49.8 Å². The van der Waals surface area contributed by atoms with Crippen LogP contribution >= 0.6 is 11.6 Å². The second kappa shape index (κ2) is 5.94. The van der Waals surface area contributed by atoms with E-state index in [0.717, 1.165) is 23.5 Å². The Morgan fingerprint density at radius 1 is 1.44 bits per heavy atom. The number of hydrogen-bond donors (Lipinski definition) is 1. The van der Waals surface area contributed by atoms with Gasteiger partial charge in [-0.2, -0.15) is 0 Å². The summed E-state index contributed by atoms with van der Waals surface area (Å²) in [5.74, 6) is 1.83. The predicted octanol–water partition coefficient (Wildman–Crippen LogP) is 3.89. The minimum absolute atomic E-state index is 0.277. The van der Waals surface area contributed by atoms with Crippen molar-refractivity contribution in [2.24, 2.45) is 11.7 Å². The first-order chi connectivity index (χ1) is 8.61. The average Bonchev–Trinajstić information content (AvgIpc) is 2.28. The van der Waals surface area contributed by atoms with Crippen molar-refractivity contribution in [1.29, 1.82) is 0 Å². The minimum Gasteiger partial charge on any atom is -0.491 e. The molecule has 0 heterocycles. The Kier molecular flexibility index (Phi) is 4.52. The molecule has 1 atom stereocenters. The van der Waals surface area contributed by atoms with E-state index in [1.54, 1.807) is 0 Å². The van der Waals surface area contributed by atoms with Crippen molar-refractivity contribution in [2.75, 3.05) is 13.2 Å². The van der Waals surface area contributed by atoms with Crippen LogP contribution in [0.1, 0.15) is 43.2 Å². The van der Waals surface area contributed by atoms with Gasteiger partial charge in [0.25, 0.3) is 0 Å². The molecule has 2 N–H and O–H groups in total. The number of ether oxygens (including phenoxy) is 1. The highest BCUT2D eigenvalue weighted by Crippen LogP contribution is 2.36. The Morgan fingerprint density at radius 2 is 2.17 bits per heavy atom. The fraction of sp³-hybridized carbons (Fsp3) is 0.600. The van der Waals surface area contributed by atoms with Crippen LogP contribution in [0.2, 0.25) is 5.02 Å². The fourth-order valence-electron chi connectivity index (χ4n) is 2.26. The van der Waals surface area contributed by atoms with Crippen molar-refractivity contribution < 1.29 is 4.74 Å². The van der Waals surface area contributed by atoms with E-state index in [-0.39, 0.29) is 5.92 Å². The van der Waals surface area contributed by atoms with E-state index in [1.165, 1.54) is 19.3 Å². The SMILES string of the molecule is Cc1cc(Cl)c(OCC2CCC2)c(C(C)CN)c1. The molecule has 0 spiro atoms. The van der Waals surface area contributed by atoms with Crippen LogP contribution in [-0.4, -0.2) is 13.2 Å². The Balaban J connectivity index is 2.19. The summed E-state index contributed by atoms with van der Waals surface area (Å²) < 4.78 is 5.96. The Labute approximate surface area is 114 Å². The summed E-state index contributed by atoms with van der Waals surface area (Å²) in [6.45, 7) is 5.56. The molecule has 100 valence electrons. The predicted molar refractivity (Wildman–Crippen MR) is 76.5 cm³/mol. The Bertz CT molecular complexity index is 415. The van der Waals surface area contributed by atoms with Gasteiger partial charge in [-0.3, -0.25) is 0 Å². The molecule has 2 rings (SSSR count). The lowest BCUT2D eigenvalue weighted by molar-refractivity contribution is 0.179. The zero-order valence-electron chi connectivity index (χ0n) is 11.2. The smallest absolute Gasteiger partial charge is 0.141 e. The van der Waals surface area contributed by atoms with Gasteiger partial charge in [0.05, 0.1) is 11.6 Å². The van der Waals surface area contributed by atoms with Crippen LogP contribution in [0, 0.1) is 12.8 Å². The van der Waals surface area contributed by atoms with Crippen LogP contribution in [0.15, 0.2) is 12.1 Å². The van der Waals surface area contributed by atoms with Crippen LogP contribution in [0.3, 0.4) is 0 Å². The van der Waals surface area contributed by atoms with E-state index < -0.39 is 0 Å². The molecule has 0 aromatic heterocycles. The molecule has 1 aliphatic carbocycles. The van der Waals surface area contributed by atoms with Gasteiger partial charge in [-0.25, -0.2) is 0 Å². The average molecular weight is 268 g/mol. The summed E-state index contributed by atoms with van der Waals surface area (Å²) in [4.78, 5) is 0. The van der Waals surface area contributed by atoms with E-state index in [9.17, 15) is 0 Å². The molecule has 2 nitrogen and oxygen atoms in total. The standard InChI is InChI=1S/C15H22ClNO/c1-10-6-13(11(2)8-17)15(14(16)7-10)18-9-12-4-3-5-12/h6-7,11-12H,3-5,8-9,17H2,1-2H3. The van der Waals surface area contributed by atoms with Gasteiger partial charge >= 0.3 is 0 Å². The molecule has 1 unspecified atom stereocenters. The van der Waals surface area contributed by atoms with Crippen LogP contribution in [0.4, 0.5) is 0 Å². The first-order valence-electron chi connectivity index (χ1n) is 6.74. The van der Waals surface area contributed by atoms with E-state index in [1.807, 2.05) is 13.0 Å². The minimum atomic E-state index is 0.277. The lowest BCUT2D eigenvalue weighted by Crippen LogP contribution is -2.20. The molecule has 1 saturated carbocycles. The monoisotopic (exact) mass is 267 g/mol. The third kappa shape index (κ3) is 2.99. The molecular formula is C15H22ClNO. The van der Waals surface area contributed by atoms with Crippen molar-refractivity contribution in [3.63, 3.8) is 0 Å². The molecule has 0 aliphatic heterocycles. The molecular weight excluding hydrogens is 246 g/mol. The van der Waals surface area contributed by atoms with Gasteiger partial charge in [0, 0.05) is 5.56 Å². The number of halogens is 1. The normalized spacial score (nSPS) is 17.3. The quantitative estimate of drug-likeness (QED) is 0.878. The highest BCUT2D eigenvalue weighted by atomic mass is 35.5. The summed E-state index contributed by atoms with van der Waals surface area (Å²) in [7, 11) is 0. The molecule has 18 heavy (non-hydrogen) atoms. The van der Waals surface area contributed by atoms with E-state index in [2.05, 4.69) is 13.0 Å². The molecule has 0 amide bonds. The topological polar surface area (TPSA) is 35.2 Å². The third-order valence-electron chi connectivity index (χ3n) is 3.79. The fourth-order valence-corrected chi connectivity index (χ4v) is 2.60. The third-order valence-corrected chi connectivity index (χ3v) is 4.07. The van der Waals surface area contributed by atoms with Gasteiger partial charge in [-0.15, -0.1) is 0 Å². The zero-order valence-corrected chi connectivity index (χ0v) is 12.0. The molecule has 1 aromatic carbocycles. The van der Waals surface area contributed by atoms with E-state index >= 15 is 0 Å². The summed E-state index contributed by atoms with van der Waals surface area (Å²) in [5.41, 5.74) is 8.07. The number of hydrogen-bond acceptors (Lipinski definition) is 2. The molecule has 1 aromatic rings. The Hall–Kier alpha value is -0.730. The molecule has 0 bridgehead atoms. The first kappa shape index (κ1) is 13.7. The maximum absolute atomic E-state index is 6.31. The van der Waals surface area contributed by atoms with Gasteiger partial charge in [-0.1, -0.05) is 31.0 Å². The van der Waals surface area contributed by atoms with Crippen LogP contribution in [0.5, 0.6) is 5.75 Å². The van der Waals surface area contributed by atoms with Gasteiger partial charge in [0.1, 0.15) is 5.75 Å². The summed E-state index contributed by atoms with van der Waals surface area (Å²) in [5, 5.41) is 0.713. The van der Waals surface area contributed by atoms with Crippen LogP contribution < -0.4 is 10.5 Å². The molecule has 0 saturated heterocycles. The summed E-state index contributed by atoms with van der Waals surface area (Å²) in [6, 6.07) is 4.10. The van der Waals surface area contributed by atoms with Crippen molar-refractivity contribution in [2.45, 2.75) is 39.0 Å². The number of aryl methyl sites for hydroxylation is 1. The molecule has 1 aliphatic rings. The Morgan fingerprint density at radius 3 is 2.72 bits per heavy atom. The second-order valence-electron chi connectivity index (χ2n) is 5.41. The summed E-state index contributed by atoms with van der Waals surface area (Å²) in [6.07, 6.45) is 3.90. The zero-order chi connectivity index (χ0) is 13.1. The number of benzene rings is 1. The maximum Gasteiger partial charge on any atom is 0.141 e. The van der Waals surface area contributed by atoms with Crippen molar-refractivity contribution >= 4 is 11.6 Å². The first-order valence-corrected chi connectivity index (χ1v) is 7.12. The van der Waals surface area contributed by atoms with E-state index in [0.29, 0.717) is 17.5 Å². The highest BCUT2D eigenvalue weighted by molar-refractivity contribution is 6.32. The molecule has 1 fully saturated rings. The lowest BCUT2D eigenvalue weighted by Gasteiger charge is -2.26. The number of nitrogens with two attached hydrogens (primary N) is 1. The van der Waals surface area contributed by atoms with Gasteiger partial charge in [0.2, 0.25) is 0 Å².